The van der Waals surface area contributed by atoms with Crippen LogP contribution in [-0.4, -0.2) is 15.7 Å². The molecule has 4 nitrogen and oxygen atoms in total. The molecule has 1 amide bonds. The van der Waals surface area contributed by atoms with Gasteiger partial charge in [0.1, 0.15) is 0 Å². The molecule has 0 aliphatic carbocycles. The zero-order valence-corrected chi connectivity index (χ0v) is 16.0. The molecule has 1 N–H and O–H groups in total. The minimum atomic E-state index is -4.41. The van der Waals surface area contributed by atoms with Gasteiger partial charge in [-0.1, -0.05) is 35.3 Å². The van der Waals surface area contributed by atoms with E-state index in [9.17, 15) is 18.0 Å². The Morgan fingerprint density at radius 1 is 1.14 bits per heavy atom. The molecule has 1 heterocycles. The Balaban J connectivity index is 1.77. The molecule has 0 atom stereocenters. The van der Waals surface area contributed by atoms with Gasteiger partial charge in [-0.15, -0.1) is 0 Å². The molecule has 0 unspecified atom stereocenters. The van der Waals surface area contributed by atoms with Gasteiger partial charge in [0.15, 0.2) is 5.82 Å². The Labute approximate surface area is 168 Å². The van der Waals surface area contributed by atoms with Gasteiger partial charge in [-0.3, -0.25) is 9.48 Å². The molecule has 2 aromatic carbocycles. The Hall–Kier alpha value is -2.51. The number of carbonyl (C=O) groups excluding carboxylic acids is 1. The highest BCUT2D eigenvalue weighted by Gasteiger charge is 2.30. The summed E-state index contributed by atoms with van der Waals surface area (Å²) >= 11 is 11.8. The van der Waals surface area contributed by atoms with E-state index in [4.69, 9.17) is 23.2 Å². The van der Waals surface area contributed by atoms with Crippen LogP contribution in [0.15, 0.2) is 48.5 Å². The second-order valence-electron chi connectivity index (χ2n) is 6.11. The number of hydrogen-bond donors (Lipinski definition) is 1. The van der Waals surface area contributed by atoms with E-state index in [1.54, 1.807) is 25.1 Å². The van der Waals surface area contributed by atoms with E-state index in [1.165, 1.54) is 22.9 Å². The maximum absolute atomic E-state index is 12.9. The fourth-order valence-corrected chi connectivity index (χ4v) is 3.10. The van der Waals surface area contributed by atoms with Gasteiger partial charge in [0.05, 0.1) is 22.7 Å². The van der Waals surface area contributed by atoms with Crippen molar-refractivity contribution in [1.29, 1.82) is 0 Å². The van der Waals surface area contributed by atoms with Crippen LogP contribution in [0.5, 0.6) is 0 Å². The molecule has 0 radical (unpaired) electrons. The highest BCUT2D eigenvalue weighted by atomic mass is 35.5. The lowest BCUT2D eigenvalue weighted by molar-refractivity contribution is -0.137. The van der Waals surface area contributed by atoms with Crippen molar-refractivity contribution < 1.29 is 18.0 Å². The van der Waals surface area contributed by atoms with E-state index in [2.05, 4.69) is 10.4 Å². The molecule has 0 fully saturated rings. The largest absolute Gasteiger partial charge is 0.416 e. The van der Waals surface area contributed by atoms with Gasteiger partial charge in [-0.2, -0.15) is 18.3 Å². The van der Waals surface area contributed by atoms with Crippen LogP contribution in [0.4, 0.5) is 19.0 Å². The molecule has 0 aliphatic heterocycles. The number of hydrogen-bond acceptors (Lipinski definition) is 2. The zero-order chi connectivity index (χ0) is 20.5. The van der Waals surface area contributed by atoms with Gasteiger partial charge < -0.3 is 5.32 Å². The summed E-state index contributed by atoms with van der Waals surface area (Å²) in [5, 5.41) is 7.47. The number of aryl methyl sites for hydroxylation is 1. The van der Waals surface area contributed by atoms with Crippen LogP contribution in [-0.2, 0) is 12.7 Å². The van der Waals surface area contributed by atoms with Crippen molar-refractivity contribution in [2.45, 2.75) is 19.6 Å². The van der Waals surface area contributed by atoms with E-state index < -0.39 is 17.6 Å². The standard InChI is InChI=1S/C19H14Cl2F3N3O/c1-11-7-17(25-18(28)15-6-5-14(20)9-16(15)21)26-27(11)10-12-3-2-4-13(8-12)19(22,23)24/h2-9H,10H2,1H3,(H,25,26,28). The van der Waals surface area contributed by atoms with Crippen LogP contribution in [0.3, 0.4) is 0 Å². The van der Waals surface area contributed by atoms with Gasteiger partial charge in [0.25, 0.3) is 5.91 Å². The fraction of sp³-hybridized carbons (Fsp3) is 0.158. The van der Waals surface area contributed by atoms with Crippen molar-refractivity contribution in [3.05, 3.63) is 81.0 Å². The lowest BCUT2D eigenvalue weighted by Crippen LogP contribution is -2.13. The third kappa shape index (κ3) is 4.66. The number of anilines is 1. The van der Waals surface area contributed by atoms with E-state index in [0.29, 0.717) is 16.3 Å². The molecule has 0 aliphatic rings. The number of carbonyl (C=O) groups is 1. The van der Waals surface area contributed by atoms with Gasteiger partial charge in [-0.25, -0.2) is 0 Å². The molecule has 0 saturated heterocycles. The highest BCUT2D eigenvalue weighted by Crippen LogP contribution is 2.30. The van der Waals surface area contributed by atoms with Crippen molar-refractivity contribution >= 4 is 34.9 Å². The Bertz CT molecular complexity index is 1030. The quantitative estimate of drug-likeness (QED) is 0.570. The fourth-order valence-electron chi connectivity index (χ4n) is 2.61. The molecular formula is C19H14Cl2F3N3O. The molecule has 0 bridgehead atoms. The van der Waals surface area contributed by atoms with Gasteiger partial charge in [0.2, 0.25) is 0 Å². The first-order chi connectivity index (χ1) is 13.1. The first-order valence-corrected chi connectivity index (χ1v) is 8.86. The van der Waals surface area contributed by atoms with Crippen LogP contribution < -0.4 is 5.32 Å². The number of aromatic nitrogens is 2. The van der Waals surface area contributed by atoms with E-state index in [0.717, 1.165) is 12.1 Å². The number of halogens is 5. The zero-order valence-electron chi connectivity index (χ0n) is 14.5. The summed E-state index contributed by atoms with van der Waals surface area (Å²) in [5.41, 5.74) is 0.631. The van der Waals surface area contributed by atoms with Crippen molar-refractivity contribution in [2.75, 3.05) is 5.32 Å². The van der Waals surface area contributed by atoms with E-state index >= 15 is 0 Å². The van der Waals surface area contributed by atoms with E-state index in [1.807, 2.05) is 0 Å². The minimum absolute atomic E-state index is 0.132. The Kier molecular flexibility index (Phi) is 5.67. The third-order valence-corrected chi connectivity index (χ3v) is 4.53. The molecule has 146 valence electrons. The van der Waals surface area contributed by atoms with Crippen molar-refractivity contribution in [1.82, 2.24) is 9.78 Å². The first kappa shape index (κ1) is 20.2. The first-order valence-electron chi connectivity index (χ1n) is 8.10. The normalized spacial score (nSPS) is 11.5. The average molecular weight is 428 g/mol. The second-order valence-corrected chi connectivity index (χ2v) is 6.95. The monoisotopic (exact) mass is 427 g/mol. The molecular weight excluding hydrogens is 414 g/mol. The molecule has 3 aromatic rings. The molecule has 3 rings (SSSR count). The molecule has 0 saturated carbocycles. The van der Waals surface area contributed by atoms with Crippen LogP contribution in [0, 0.1) is 6.92 Å². The van der Waals surface area contributed by atoms with Crippen molar-refractivity contribution in [2.24, 2.45) is 0 Å². The average Bonchev–Trinajstić information content (AvgIpc) is 2.93. The SMILES string of the molecule is Cc1cc(NC(=O)c2ccc(Cl)cc2Cl)nn1Cc1cccc(C(F)(F)F)c1. The lowest BCUT2D eigenvalue weighted by Gasteiger charge is -2.09. The predicted molar refractivity (Wildman–Crippen MR) is 102 cm³/mol. The number of nitrogens with zero attached hydrogens (tertiary/aromatic N) is 2. The molecule has 1 aromatic heterocycles. The van der Waals surface area contributed by atoms with Gasteiger partial charge in [-0.05, 0) is 42.8 Å². The smallest absolute Gasteiger partial charge is 0.305 e. The van der Waals surface area contributed by atoms with Crippen LogP contribution >= 0.6 is 23.2 Å². The predicted octanol–water partition coefficient (Wildman–Crippen LogP) is 5.82. The third-order valence-electron chi connectivity index (χ3n) is 3.99. The summed E-state index contributed by atoms with van der Waals surface area (Å²) < 4.78 is 40.1. The minimum Gasteiger partial charge on any atom is -0.305 e. The maximum Gasteiger partial charge on any atom is 0.416 e. The van der Waals surface area contributed by atoms with Crippen molar-refractivity contribution in [3.8, 4) is 0 Å². The maximum atomic E-state index is 12.9. The molecule has 0 spiro atoms. The summed E-state index contributed by atoms with van der Waals surface area (Å²) in [5.74, 6) is -0.203. The molecule has 28 heavy (non-hydrogen) atoms. The summed E-state index contributed by atoms with van der Waals surface area (Å²) in [6.07, 6.45) is -4.41. The summed E-state index contributed by atoms with van der Waals surface area (Å²) in [4.78, 5) is 12.4. The van der Waals surface area contributed by atoms with Gasteiger partial charge in [0, 0.05) is 16.8 Å². The number of benzene rings is 2. The second kappa shape index (κ2) is 7.85. The van der Waals surface area contributed by atoms with E-state index in [-0.39, 0.29) is 22.9 Å². The number of rotatable bonds is 4. The van der Waals surface area contributed by atoms with Crippen LogP contribution in [0.25, 0.3) is 0 Å². The highest BCUT2D eigenvalue weighted by molar-refractivity contribution is 6.37. The summed E-state index contributed by atoms with van der Waals surface area (Å²) in [6.45, 7) is 1.87. The number of alkyl halides is 3. The van der Waals surface area contributed by atoms with Crippen LogP contribution in [0.2, 0.25) is 10.0 Å². The lowest BCUT2D eigenvalue weighted by atomic mass is 10.1. The topological polar surface area (TPSA) is 46.9 Å². The summed E-state index contributed by atoms with van der Waals surface area (Å²) in [6, 6.07) is 11.1. The number of nitrogens with one attached hydrogen (secondary N) is 1. The molecule has 9 heteroatoms. The summed E-state index contributed by atoms with van der Waals surface area (Å²) in [7, 11) is 0. The van der Waals surface area contributed by atoms with Crippen LogP contribution in [0.1, 0.15) is 27.2 Å². The van der Waals surface area contributed by atoms with Crippen molar-refractivity contribution in [3.63, 3.8) is 0 Å². The van der Waals surface area contributed by atoms with Gasteiger partial charge >= 0.3 is 6.18 Å². The Morgan fingerprint density at radius 2 is 1.89 bits per heavy atom. The number of amides is 1. The Morgan fingerprint density at radius 3 is 2.57 bits per heavy atom.